The summed E-state index contributed by atoms with van der Waals surface area (Å²) in [7, 11) is 0. The number of hydrogen-bond acceptors (Lipinski definition) is 2. The summed E-state index contributed by atoms with van der Waals surface area (Å²) in [4.78, 5) is 1.26. The van der Waals surface area contributed by atoms with Gasteiger partial charge in [0, 0.05) is 15.3 Å². The fourth-order valence-corrected chi connectivity index (χ4v) is 2.73. The van der Waals surface area contributed by atoms with Crippen LogP contribution in [0.2, 0.25) is 5.02 Å². The summed E-state index contributed by atoms with van der Waals surface area (Å²) in [5.41, 5.74) is 0. The lowest BCUT2D eigenvalue weighted by molar-refractivity contribution is 0.345. The lowest BCUT2D eigenvalue weighted by Crippen LogP contribution is -1.90. The molecule has 0 aliphatic heterocycles. The van der Waals surface area contributed by atoms with Crippen LogP contribution in [-0.4, -0.2) is 6.61 Å². The second kappa shape index (κ2) is 3.79. The molecule has 0 unspecified atom stereocenters. The average Bonchev–Trinajstić information content (AvgIpc) is 2.53. The Morgan fingerprint density at radius 2 is 2.21 bits per heavy atom. The van der Waals surface area contributed by atoms with Gasteiger partial charge in [-0.3, -0.25) is 0 Å². The maximum Gasteiger partial charge on any atom is 0.137 e. The molecule has 0 fully saturated rings. The Bertz CT molecular complexity index is 462. The van der Waals surface area contributed by atoms with Crippen molar-refractivity contribution in [2.24, 2.45) is 0 Å². The van der Waals surface area contributed by atoms with E-state index in [0.29, 0.717) is 6.61 Å². The smallest absolute Gasteiger partial charge is 0.137 e. The number of aryl methyl sites for hydroxylation is 1. The topological polar surface area (TPSA) is 9.23 Å². The van der Waals surface area contributed by atoms with Crippen LogP contribution in [0.3, 0.4) is 0 Å². The lowest BCUT2D eigenvalue weighted by atomic mass is 10.2. The number of ether oxygens (including phenoxy) is 1. The third-order valence-corrected chi connectivity index (χ3v) is 3.41. The first-order valence-corrected chi connectivity index (χ1v) is 5.73. The van der Waals surface area contributed by atoms with E-state index in [2.05, 4.69) is 13.0 Å². The van der Waals surface area contributed by atoms with Crippen LogP contribution in [0.4, 0.5) is 0 Å². The van der Waals surface area contributed by atoms with Crippen molar-refractivity contribution in [1.82, 2.24) is 0 Å². The fraction of sp³-hybridized carbons (Fsp3) is 0.273. The Morgan fingerprint density at radius 1 is 1.43 bits per heavy atom. The lowest BCUT2D eigenvalue weighted by Gasteiger charge is -2.04. The number of hydrogen-bond donors (Lipinski definition) is 0. The van der Waals surface area contributed by atoms with E-state index in [1.54, 1.807) is 11.3 Å². The van der Waals surface area contributed by atoms with Crippen molar-refractivity contribution in [2.75, 3.05) is 6.61 Å². The monoisotopic (exact) mass is 226 g/mol. The highest BCUT2D eigenvalue weighted by Gasteiger charge is 2.08. The van der Waals surface area contributed by atoms with Gasteiger partial charge in [-0.25, -0.2) is 0 Å². The van der Waals surface area contributed by atoms with Gasteiger partial charge in [-0.1, -0.05) is 11.6 Å². The minimum absolute atomic E-state index is 0.688. The molecular formula is C11H11ClOS. The third-order valence-electron chi connectivity index (χ3n) is 2.02. The van der Waals surface area contributed by atoms with Crippen LogP contribution < -0.4 is 4.74 Å². The number of rotatable bonds is 2. The van der Waals surface area contributed by atoms with E-state index in [4.69, 9.17) is 16.3 Å². The van der Waals surface area contributed by atoms with Gasteiger partial charge in [-0.05, 0) is 32.0 Å². The zero-order chi connectivity index (χ0) is 10.1. The standard InChI is InChI=1S/C11H11ClOS/c1-3-13-10-5-4-9(12)8-6-7(2)14-11(8)10/h4-6H,3H2,1-2H3. The number of thiophene rings is 1. The van der Waals surface area contributed by atoms with Gasteiger partial charge in [0.25, 0.3) is 0 Å². The molecule has 1 heterocycles. The van der Waals surface area contributed by atoms with Crippen LogP contribution in [0.25, 0.3) is 10.1 Å². The summed E-state index contributed by atoms with van der Waals surface area (Å²) in [5.74, 6) is 0.935. The van der Waals surface area contributed by atoms with Crippen molar-refractivity contribution in [3.8, 4) is 5.75 Å². The van der Waals surface area contributed by atoms with E-state index in [-0.39, 0.29) is 0 Å². The van der Waals surface area contributed by atoms with E-state index < -0.39 is 0 Å². The van der Waals surface area contributed by atoms with Crippen molar-refractivity contribution < 1.29 is 4.74 Å². The Labute approximate surface area is 92.3 Å². The highest BCUT2D eigenvalue weighted by molar-refractivity contribution is 7.19. The highest BCUT2D eigenvalue weighted by Crippen LogP contribution is 2.37. The molecule has 1 aromatic carbocycles. The second-order valence-electron chi connectivity index (χ2n) is 3.08. The molecule has 2 aromatic rings. The van der Waals surface area contributed by atoms with Gasteiger partial charge < -0.3 is 4.74 Å². The van der Waals surface area contributed by atoms with Crippen LogP contribution in [0, 0.1) is 6.92 Å². The predicted molar refractivity (Wildman–Crippen MR) is 62.7 cm³/mol. The Hall–Kier alpha value is -0.730. The van der Waals surface area contributed by atoms with Gasteiger partial charge in [0.05, 0.1) is 11.3 Å². The van der Waals surface area contributed by atoms with Crippen molar-refractivity contribution in [2.45, 2.75) is 13.8 Å². The van der Waals surface area contributed by atoms with Gasteiger partial charge in [0.1, 0.15) is 5.75 Å². The Morgan fingerprint density at radius 3 is 2.93 bits per heavy atom. The number of benzene rings is 1. The number of fused-ring (bicyclic) bond motifs is 1. The molecule has 0 bridgehead atoms. The molecule has 0 N–H and O–H groups in total. The summed E-state index contributed by atoms with van der Waals surface area (Å²) < 4.78 is 6.69. The zero-order valence-electron chi connectivity index (χ0n) is 8.13. The van der Waals surface area contributed by atoms with Crippen LogP contribution in [0.15, 0.2) is 18.2 Å². The van der Waals surface area contributed by atoms with Gasteiger partial charge >= 0.3 is 0 Å². The maximum atomic E-state index is 6.09. The molecule has 0 radical (unpaired) electrons. The van der Waals surface area contributed by atoms with Crippen LogP contribution >= 0.6 is 22.9 Å². The summed E-state index contributed by atoms with van der Waals surface area (Å²) in [6.07, 6.45) is 0. The minimum Gasteiger partial charge on any atom is -0.492 e. The third kappa shape index (κ3) is 1.60. The van der Waals surface area contributed by atoms with E-state index >= 15 is 0 Å². The summed E-state index contributed by atoms with van der Waals surface area (Å²) in [6.45, 7) is 4.76. The SMILES string of the molecule is CCOc1ccc(Cl)c2cc(C)sc12. The maximum absolute atomic E-state index is 6.09. The molecule has 0 amide bonds. The molecule has 2 rings (SSSR count). The molecule has 3 heteroatoms. The normalized spacial score (nSPS) is 10.8. The zero-order valence-corrected chi connectivity index (χ0v) is 9.71. The van der Waals surface area contributed by atoms with Crippen LogP contribution in [-0.2, 0) is 0 Å². The predicted octanol–water partition coefficient (Wildman–Crippen LogP) is 4.26. The molecular weight excluding hydrogens is 216 g/mol. The fourth-order valence-electron chi connectivity index (χ4n) is 1.46. The Kier molecular flexibility index (Phi) is 2.66. The molecule has 0 aliphatic rings. The average molecular weight is 227 g/mol. The number of halogens is 1. The first-order valence-electron chi connectivity index (χ1n) is 4.54. The van der Waals surface area contributed by atoms with Gasteiger partial charge in [0.2, 0.25) is 0 Å². The molecule has 1 nitrogen and oxygen atoms in total. The minimum atomic E-state index is 0.688. The van der Waals surface area contributed by atoms with Crippen molar-refractivity contribution in [1.29, 1.82) is 0 Å². The molecule has 0 saturated heterocycles. The molecule has 74 valence electrons. The quantitative estimate of drug-likeness (QED) is 0.744. The van der Waals surface area contributed by atoms with Crippen molar-refractivity contribution >= 4 is 33.0 Å². The van der Waals surface area contributed by atoms with Crippen molar-refractivity contribution in [3.05, 3.63) is 28.1 Å². The largest absolute Gasteiger partial charge is 0.492 e. The molecule has 0 saturated carbocycles. The summed E-state index contributed by atoms with van der Waals surface area (Å²) in [5, 5.41) is 1.90. The van der Waals surface area contributed by atoms with Gasteiger partial charge in [0.15, 0.2) is 0 Å². The van der Waals surface area contributed by atoms with Gasteiger partial charge in [-0.2, -0.15) is 0 Å². The van der Waals surface area contributed by atoms with Crippen LogP contribution in [0.5, 0.6) is 5.75 Å². The second-order valence-corrected chi connectivity index (χ2v) is 4.74. The molecule has 0 atom stereocenters. The van der Waals surface area contributed by atoms with E-state index in [9.17, 15) is 0 Å². The first-order chi connectivity index (χ1) is 6.72. The van der Waals surface area contributed by atoms with Crippen molar-refractivity contribution in [3.63, 3.8) is 0 Å². The Balaban J connectivity index is 2.68. The van der Waals surface area contributed by atoms with E-state index in [0.717, 1.165) is 20.9 Å². The molecule has 1 aromatic heterocycles. The van der Waals surface area contributed by atoms with Crippen LogP contribution in [0.1, 0.15) is 11.8 Å². The summed E-state index contributed by atoms with van der Waals surface area (Å²) >= 11 is 7.82. The van der Waals surface area contributed by atoms with E-state index in [1.165, 1.54) is 4.88 Å². The first kappa shape index (κ1) is 9.81. The van der Waals surface area contributed by atoms with Gasteiger partial charge in [-0.15, -0.1) is 11.3 Å². The molecule has 0 aliphatic carbocycles. The molecule has 14 heavy (non-hydrogen) atoms. The molecule has 0 spiro atoms. The summed E-state index contributed by atoms with van der Waals surface area (Å²) in [6, 6.07) is 5.93. The van der Waals surface area contributed by atoms with E-state index in [1.807, 2.05) is 19.1 Å². The highest BCUT2D eigenvalue weighted by atomic mass is 35.5.